The highest BCUT2D eigenvalue weighted by atomic mass is 16.4. The van der Waals surface area contributed by atoms with E-state index in [0.29, 0.717) is 0 Å². The fraction of sp³-hybridized carbons (Fsp3) is 0.636. The van der Waals surface area contributed by atoms with Gasteiger partial charge in [-0.1, -0.05) is 0 Å². The molecule has 7 heteroatoms. The van der Waals surface area contributed by atoms with Gasteiger partial charge in [-0.3, -0.25) is 24.2 Å². The SMILES string of the molecule is CC(C)N1C(=O)C(CCC(=O)O)C(=O)N(C)C1=O. The van der Waals surface area contributed by atoms with Gasteiger partial charge in [0.05, 0.1) is 0 Å². The summed E-state index contributed by atoms with van der Waals surface area (Å²) in [6, 6.07) is -1.03. The normalized spacial score (nSPS) is 20.9. The molecule has 1 atom stereocenters. The van der Waals surface area contributed by atoms with E-state index in [9.17, 15) is 19.2 Å². The Balaban J connectivity index is 2.96. The second-order valence-corrected chi connectivity index (χ2v) is 4.47. The van der Waals surface area contributed by atoms with Crippen molar-refractivity contribution in [2.75, 3.05) is 7.05 Å². The number of carbonyl (C=O) groups excluding carboxylic acids is 3. The molecule has 18 heavy (non-hydrogen) atoms. The maximum atomic E-state index is 12.0. The first-order valence-electron chi connectivity index (χ1n) is 5.63. The van der Waals surface area contributed by atoms with Crippen LogP contribution in [0.25, 0.3) is 0 Å². The van der Waals surface area contributed by atoms with Gasteiger partial charge >= 0.3 is 12.0 Å². The number of rotatable bonds is 4. The van der Waals surface area contributed by atoms with Crippen LogP contribution >= 0.6 is 0 Å². The number of barbiturate groups is 1. The van der Waals surface area contributed by atoms with Crippen LogP contribution in [-0.2, 0) is 14.4 Å². The summed E-state index contributed by atoms with van der Waals surface area (Å²) in [5.41, 5.74) is 0. The zero-order chi connectivity index (χ0) is 14.0. The molecular formula is C11H16N2O5. The van der Waals surface area contributed by atoms with Gasteiger partial charge in [0.25, 0.3) is 0 Å². The average Bonchev–Trinajstić information content (AvgIpc) is 2.25. The van der Waals surface area contributed by atoms with Gasteiger partial charge in [0.2, 0.25) is 11.8 Å². The topological polar surface area (TPSA) is 95.0 Å². The van der Waals surface area contributed by atoms with E-state index in [4.69, 9.17) is 5.11 Å². The molecule has 0 aromatic carbocycles. The Bertz CT molecular complexity index is 404. The van der Waals surface area contributed by atoms with E-state index in [1.165, 1.54) is 7.05 Å². The van der Waals surface area contributed by atoms with E-state index in [0.717, 1.165) is 9.80 Å². The van der Waals surface area contributed by atoms with E-state index in [1.807, 2.05) is 0 Å². The zero-order valence-electron chi connectivity index (χ0n) is 10.5. The van der Waals surface area contributed by atoms with Crippen LogP contribution < -0.4 is 0 Å². The smallest absolute Gasteiger partial charge is 0.333 e. The summed E-state index contributed by atoms with van der Waals surface area (Å²) in [7, 11) is 1.29. The summed E-state index contributed by atoms with van der Waals surface area (Å²) < 4.78 is 0. The second-order valence-electron chi connectivity index (χ2n) is 4.47. The molecule has 1 saturated heterocycles. The molecule has 1 unspecified atom stereocenters. The van der Waals surface area contributed by atoms with Gasteiger partial charge in [0, 0.05) is 19.5 Å². The highest BCUT2D eigenvalue weighted by Gasteiger charge is 2.44. The first-order valence-corrected chi connectivity index (χ1v) is 5.63. The molecule has 1 aliphatic rings. The zero-order valence-corrected chi connectivity index (χ0v) is 10.5. The first-order chi connectivity index (χ1) is 8.27. The molecule has 1 N–H and O–H groups in total. The Labute approximate surface area is 104 Å². The van der Waals surface area contributed by atoms with Crippen molar-refractivity contribution in [3.05, 3.63) is 0 Å². The Kier molecular flexibility index (Phi) is 4.05. The van der Waals surface area contributed by atoms with Crippen molar-refractivity contribution in [1.29, 1.82) is 0 Å². The molecule has 1 fully saturated rings. The Morgan fingerprint density at radius 2 is 1.83 bits per heavy atom. The minimum absolute atomic E-state index is 0.0894. The first kappa shape index (κ1) is 14.1. The fourth-order valence-electron chi connectivity index (χ4n) is 1.85. The second kappa shape index (κ2) is 5.16. The lowest BCUT2D eigenvalue weighted by atomic mass is 9.97. The number of amides is 4. The number of hydrogen-bond donors (Lipinski definition) is 1. The third-order valence-electron chi connectivity index (χ3n) is 2.82. The highest BCUT2D eigenvalue weighted by Crippen LogP contribution is 2.22. The molecule has 0 aliphatic carbocycles. The molecule has 0 aromatic heterocycles. The lowest BCUT2D eigenvalue weighted by molar-refractivity contribution is -0.150. The van der Waals surface area contributed by atoms with Crippen LogP contribution in [-0.4, -0.2) is 51.8 Å². The summed E-state index contributed by atoms with van der Waals surface area (Å²) in [5, 5.41) is 8.59. The number of aliphatic carboxylic acids is 1. The lowest BCUT2D eigenvalue weighted by Crippen LogP contribution is -2.60. The molecule has 0 bridgehead atoms. The number of imide groups is 2. The molecule has 0 saturated carbocycles. The molecule has 0 aromatic rings. The van der Waals surface area contributed by atoms with Crippen molar-refractivity contribution < 1.29 is 24.3 Å². The average molecular weight is 256 g/mol. The summed E-state index contributed by atoms with van der Waals surface area (Å²) in [6.07, 6.45) is -0.371. The molecule has 0 spiro atoms. The van der Waals surface area contributed by atoms with Crippen molar-refractivity contribution in [2.45, 2.75) is 32.7 Å². The van der Waals surface area contributed by atoms with Crippen LogP contribution in [0.1, 0.15) is 26.7 Å². The standard InChI is InChI=1S/C11H16N2O5/c1-6(2)13-10(17)7(4-5-8(14)15)9(16)12(3)11(13)18/h6-7H,4-5H2,1-3H3,(H,14,15). The molecular weight excluding hydrogens is 240 g/mol. The van der Waals surface area contributed by atoms with Gasteiger partial charge in [0.15, 0.2) is 0 Å². The van der Waals surface area contributed by atoms with E-state index >= 15 is 0 Å². The molecule has 4 amide bonds. The van der Waals surface area contributed by atoms with Crippen LogP contribution in [0.4, 0.5) is 4.79 Å². The molecule has 1 aliphatic heterocycles. The van der Waals surface area contributed by atoms with Crippen LogP contribution in [0, 0.1) is 5.92 Å². The number of carboxylic acids is 1. The van der Waals surface area contributed by atoms with Crippen molar-refractivity contribution in [2.24, 2.45) is 5.92 Å². The number of carboxylic acid groups (broad SMARTS) is 1. The summed E-state index contributed by atoms with van der Waals surface area (Å²) in [4.78, 5) is 47.9. The maximum absolute atomic E-state index is 12.0. The number of urea groups is 1. The van der Waals surface area contributed by atoms with Crippen LogP contribution in [0.3, 0.4) is 0 Å². The van der Waals surface area contributed by atoms with Crippen molar-refractivity contribution in [1.82, 2.24) is 9.80 Å². The predicted molar refractivity (Wildman–Crippen MR) is 60.5 cm³/mol. The van der Waals surface area contributed by atoms with Gasteiger partial charge in [0.1, 0.15) is 5.92 Å². The number of hydrogen-bond acceptors (Lipinski definition) is 4. The van der Waals surface area contributed by atoms with E-state index in [-0.39, 0.29) is 18.9 Å². The predicted octanol–water partition coefficient (Wildman–Crippen LogP) is 0.296. The Morgan fingerprint density at radius 1 is 1.28 bits per heavy atom. The van der Waals surface area contributed by atoms with Crippen molar-refractivity contribution in [3.63, 3.8) is 0 Å². The number of nitrogens with zero attached hydrogens (tertiary/aromatic N) is 2. The quantitative estimate of drug-likeness (QED) is 0.730. The van der Waals surface area contributed by atoms with Crippen LogP contribution in [0.2, 0.25) is 0 Å². The lowest BCUT2D eigenvalue weighted by Gasteiger charge is -2.37. The van der Waals surface area contributed by atoms with Crippen molar-refractivity contribution >= 4 is 23.8 Å². The molecule has 7 nitrogen and oxygen atoms in total. The van der Waals surface area contributed by atoms with Gasteiger partial charge in [-0.15, -0.1) is 0 Å². The van der Waals surface area contributed by atoms with Gasteiger partial charge in [-0.2, -0.15) is 0 Å². The number of carbonyl (C=O) groups is 4. The maximum Gasteiger partial charge on any atom is 0.333 e. The minimum Gasteiger partial charge on any atom is -0.481 e. The fourth-order valence-corrected chi connectivity index (χ4v) is 1.85. The van der Waals surface area contributed by atoms with Crippen LogP contribution in [0.5, 0.6) is 0 Å². The van der Waals surface area contributed by atoms with Gasteiger partial charge in [-0.25, -0.2) is 4.79 Å². The third-order valence-corrected chi connectivity index (χ3v) is 2.82. The molecule has 1 heterocycles. The molecule has 0 radical (unpaired) electrons. The van der Waals surface area contributed by atoms with Crippen LogP contribution in [0.15, 0.2) is 0 Å². The van der Waals surface area contributed by atoms with Crippen molar-refractivity contribution in [3.8, 4) is 0 Å². The monoisotopic (exact) mass is 256 g/mol. The molecule has 1 rings (SSSR count). The Morgan fingerprint density at radius 3 is 2.28 bits per heavy atom. The largest absolute Gasteiger partial charge is 0.481 e. The summed E-state index contributed by atoms with van der Waals surface area (Å²) in [5.74, 6) is -3.40. The van der Waals surface area contributed by atoms with Gasteiger partial charge < -0.3 is 5.11 Å². The van der Waals surface area contributed by atoms with Gasteiger partial charge in [-0.05, 0) is 20.3 Å². The highest BCUT2D eigenvalue weighted by molar-refractivity contribution is 6.16. The minimum atomic E-state index is -1.08. The summed E-state index contributed by atoms with van der Waals surface area (Å²) >= 11 is 0. The van der Waals surface area contributed by atoms with E-state index < -0.39 is 29.7 Å². The van der Waals surface area contributed by atoms with E-state index in [1.54, 1.807) is 13.8 Å². The Hall–Kier alpha value is -1.92. The third kappa shape index (κ3) is 2.49. The van der Waals surface area contributed by atoms with E-state index in [2.05, 4.69) is 0 Å². The summed E-state index contributed by atoms with van der Waals surface area (Å²) in [6.45, 7) is 3.32. The molecule has 100 valence electrons.